The van der Waals surface area contributed by atoms with Crippen molar-refractivity contribution in [3.8, 4) is 5.75 Å². The number of phenolic OH excluding ortho intramolecular Hbond substituents is 1. The Labute approximate surface area is 269 Å². The van der Waals surface area contributed by atoms with Crippen molar-refractivity contribution >= 4 is 18.0 Å². The van der Waals surface area contributed by atoms with E-state index >= 15 is 0 Å². The van der Waals surface area contributed by atoms with Crippen molar-refractivity contribution in [1.82, 2.24) is 0 Å². The van der Waals surface area contributed by atoms with Gasteiger partial charge >= 0.3 is 11.9 Å². The number of benzene rings is 1. The summed E-state index contributed by atoms with van der Waals surface area (Å²) < 4.78 is 6.04. The van der Waals surface area contributed by atoms with Crippen LogP contribution in [0.5, 0.6) is 5.75 Å². The summed E-state index contributed by atoms with van der Waals surface area (Å²) in [6.45, 7) is 16.3. The van der Waals surface area contributed by atoms with E-state index in [9.17, 15) is 24.9 Å². The van der Waals surface area contributed by atoms with Crippen LogP contribution in [0.25, 0.3) is 6.08 Å². The molecule has 4 saturated carbocycles. The normalized spacial score (nSPS) is 43.2. The number of ether oxygens (including phenoxy) is 1. The number of aliphatic hydroxyl groups is 1. The van der Waals surface area contributed by atoms with Gasteiger partial charge in [-0.3, -0.25) is 4.79 Å². The number of esters is 1. The molecule has 5 aliphatic rings. The van der Waals surface area contributed by atoms with E-state index in [0.29, 0.717) is 12.3 Å². The topological polar surface area (TPSA) is 104 Å². The van der Waals surface area contributed by atoms with E-state index in [0.717, 1.165) is 56.9 Å². The van der Waals surface area contributed by atoms with Crippen LogP contribution in [0.2, 0.25) is 0 Å². The molecule has 6 nitrogen and oxygen atoms in total. The zero-order valence-corrected chi connectivity index (χ0v) is 28.4. The van der Waals surface area contributed by atoms with E-state index in [-0.39, 0.29) is 39.2 Å². The highest BCUT2D eigenvalue weighted by Gasteiger charge is 2.70. The summed E-state index contributed by atoms with van der Waals surface area (Å²) >= 11 is 0. The molecular formula is C39H54O6. The van der Waals surface area contributed by atoms with Crippen molar-refractivity contribution in [2.24, 2.45) is 50.2 Å². The number of hydrogen-bond acceptors (Lipinski definition) is 5. The lowest BCUT2D eigenvalue weighted by atomic mass is 9.33. The summed E-state index contributed by atoms with van der Waals surface area (Å²) in [5.74, 6) is -0.230. The smallest absolute Gasteiger partial charge is 0.331 e. The summed E-state index contributed by atoms with van der Waals surface area (Å²) in [6.07, 6.45) is 12.0. The van der Waals surface area contributed by atoms with E-state index in [1.54, 1.807) is 30.3 Å². The first-order chi connectivity index (χ1) is 20.9. The first-order valence-electron chi connectivity index (χ1n) is 17.2. The number of allylic oxidation sites excluding steroid dienone is 2. The summed E-state index contributed by atoms with van der Waals surface area (Å²) in [5, 5.41) is 31.9. The fraction of sp³-hybridized carbons (Fsp3) is 0.692. The van der Waals surface area contributed by atoms with Gasteiger partial charge in [0.25, 0.3) is 0 Å². The van der Waals surface area contributed by atoms with E-state index in [1.165, 1.54) is 11.6 Å². The summed E-state index contributed by atoms with van der Waals surface area (Å²) in [4.78, 5) is 26.0. The minimum atomic E-state index is -0.780. The Morgan fingerprint density at radius 3 is 2.22 bits per heavy atom. The van der Waals surface area contributed by atoms with Crippen LogP contribution in [-0.2, 0) is 14.3 Å². The molecule has 1 aromatic carbocycles. The van der Waals surface area contributed by atoms with Crippen LogP contribution in [0.1, 0.15) is 112 Å². The number of aromatic hydroxyl groups is 1. The van der Waals surface area contributed by atoms with Gasteiger partial charge < -0.3 is 20.1 Å². The van der Waals surface area contributed by atoms with Gasteiger partial charge in [-0.25, -0.2) is 4.79 Å². The number of carbonyl (C=O) groups excluding carboxylic acids is 1. The highest BCUT2D eigenvalue weighted by Crippen LogP contribution is 2.75. The van der Waals surface area contributed by atoms with E-state index in [1.807, 2.05) is 0 Å². The number of hydrogen-bond donors (Lipinski definition) is 3. The molecule has 6 heteroatoms. The summed E-state index contributed by atoms with van der Waals surface area (Å²) in [6, 6.07) is 6.62. The Morgan fingerprint density at radius 2 is 1.56 bits per heavy atom. The van der Waals surface area contributed by atoms with Gasteiger partial charge in [-0.2, -0.15) is 0 Å². The van der Waals surface area contributed by atoms with Gasteiger partial charge in [0.1, 0.15) is 11.9 Å². The van der Waals surface area contributed by atoms with Crippen LogP contribution < -0.4 is 0 Å². The number of carboxylic acids is 1. The van der Waals surface area contributed by atoms with Gasteiger partial charge in [-0.15, -0.1) is 0 Å². The third-order valence-corrected chi connectivity index (χ3v) is 14.5. The lowest BCUT2D eigenvalue weighted by Gasteiger charge is -2.71. The highest BCUT2D eigenvalue weighted by molar-refractivity contribution is 5.87. The average molecular weight is 619 g/mol. The fourth-order valence-corrected chi connectivity index (χ4v) is 11.9. The van der Waals surface area contributed by atoms with Crippen LogP contribution in [0.4, 0.5) is 0 Å². The lowest BCUT2D eigenvalue weighted by molar-refractivity contribution is -0.238. The predicted molar refractivity (Wildman–Crippen MR) is 175 cm³/mol. The van der Waals surface area contributed by atoms with Crippen LogP contribution in [-0.4, -0.2) is 39.5 Å². The molecule has 0 bridgehead atoms. The average Bonchev–Trinajstić information content (AvgIpc) is 2.94. The minimum absolute atomic E-state index is 0.0131. The zero-order chi connectivity index (χ0) is 32.8. The van der Waals surface area contributed by atoms with Crippen LogP contribution in [0.15, 0.2) is 42.0 Å². The van der Waals surface area contributed by atoms with Crippen molar-refractivity contribution in [3.05, 3.63) is 47.6 Å². The second-order valence-corrected chi connectivity index (χ2v) is 17.6. The molecule has 0 aliphatic heterocycles. The van der Waals surface area contributed by atoms with Gasteiger partial charge in [0, 0.05) is 11.5 Å². The fourth-order valence-electron chi connectivity index (χ4n) is 11.9. The number of fused-ring (bicyclic) bond motifs is 7. The third kappa shape index (κ3) is 4.74. The molecule has 0 saturated heterocycles. The maximum Gasteiger partial charge on any atom is 0.331 e. The Balaban J connectivity index is 1.29. The molecule has 45 heavy (non-hydrogen) atoms. The molecule has 6 rings (SSSR count). The minimum Gasteiger partial charge on any atom is -0.508 e. The monoisotopic (exact) mass is 618 g/mol. The molecule has 4 fully saturated rings. The molecule has 9 atom stereocenters. The van der Waals surface area contributed by atoms with Crippen molar-refractivity contribution in [2.45, 2.75) is 118 Å². The Bertz CT molecular complexity index is 1420. The van der Waals surface area contributed by atoms with Crippen molar-refractivity contribution in [1.29, 1.82) is 0 Å². The Kier molecular flexibility index (Phi) is 7.51. The number of aliphatic hydroxyl groups excluding tert-OH is 1. The van der Waals surface area contributed by atoms with Gasteiger partial charge in [0.15, 0.2) is 0 Å². The number of rotatable bonds is 4. The number of phenols is 1. The van der Waals surface area contributed by atoms with Gasteiger partial charge in [0.05, 0.1) is 11.5 Å². The van der Waals surface area contributed by atoms with Crippen molar-refractivity contribution < 1.29 is 29.6 Å². The molecule has 246 valence electrons. The standard InChI is InChI=1S/C39H54O6/c1-34(2)18-20-39(33(43)44)21-19-37(6)26(27(39)22-34)13-14-30-36(5)23-28(41)32(35(3,4)29(36)16-17-38(30,37)7)45-31(42)15-10-24-8-11-25(40)12-9-24/h8-13,15,27-30,32,40-41H,14,16-23H2,1-7H3,(H,43,44)/b15-10-/t27-,28+,29+,30+,32-,36-,37+,38+,39-/m0/s1. The van der Waals surface area contributed by atoms with Crippen molar-refractivity contribution in [2.75, 3.05) is 0 Å². The number of carbonyl (C=O) groups is 2. The second-order valence-electron chi connectivity index (χ2n) is 17.6. The first-order valence-corrected chi connectivity index (χ1v) is 17.2. The lowest BCUT2D eigenvalue weighted by Crippen LogP contribution is -2.67. The molecule has 0 aromatic heterocycles. The summed E-state index contributed by atoms with van der Waals surface area (Å²) in [7, 11) is 0. The first kappa shape index (κ1) is 32.3. The van der Waals surface area contributed by atoms with Gasteiger partial charge in [-0.05, 0) is 121 Å². The SMILES string of the molecule is CC1(C)CC[C@]2(C(=O)O)CC[C@]3(C)C(=CC[C@@H]4[C@@]5(C)C[C@@H](O)[C@H](OC(=O)/C=C\c6ccc(O)cc6)C(C)(C)[C@H]5CC[C@]43C)[C@@H]2C1. The van der Waals surface area contributed by atoms with Gasteiger partial charge in [-0.1, -0.05) is 72.2 Å². The summed E-state index contributed by atoms with van der Waals surface area (Å²) in [5.41, 5.74) is 0.991. The number of aliphatic carboxylic acids is 1. The van der Waals surface area contributed by atoms with Crippen LogP contribution >= 0.6 is 0 Å². The van der Waals surface area contributed by atoms with Crippen molar-refractivity contribution in [3.63, 3.8) is 0 Å². The predicted octanol–water partition coefficient (Wildman–Crippen LogP) is 8.17. The Hall–Kier alpha value is -2.60. The maximum absolute atomic E-state index is 13.0. The van der Waals surface area contributed by atoms with Crippen LogP contribution in [0, 0.1) is 50.2 Å². The molecule has 3 N–H and O–H groups in total. The molecule has 0 amide bonds. The molecule has 0 spiro atoms. The third-order valence-electron chi connectivity index (χ3n) is 14.5. The van der Waals surface area contributed by atoms with E-state index < -0.39 is 35.0 Å². The Morgan fingerprint density at radius 1 is 0.889 bits per heavy atom. The molecule has 0 heterocycles. The quantitative estimate of drug-likeness (QED) is 0.179. The zero-order valence-electron chi connectivity index (χ0n) is 28.4. The molecule has 0 unspecified atom stereocenters. The van der Waals surface area contributed by atoms with E-state index in [4.69, 9.17) is 4.74 Å². The highest BCUT2D eigenvalue weighted by atomic mass is 16.6. The van der Waals surface area contributed by atoms with E-state index in [2.05, 4.69) is 54.5 Å². The van der Waals surface area contributed by atoms with Crippen LogP contribution in [0.3, 0.4) is 0 Å². The largest absolute Gasteiger partial charge is 0.508 e. The maximum atomic E-state index is 13.0. The molecule has 5 aliphatic carbocycles. The second kappa shape index (κ2) is 10.5. The number of carboxylic acid groups (broad SMARTS) is 1. The molecule has 0 radical (unpaired) electrons. The molecule has 1 aromatic rings. The molecular weight excluding hydrogens is 564 g/mol. The van der Waals surface area contributed by atoms with Gasteiger partial charge in [0.2, 0.25) is 0 Å².